The van der Waals surface area contributed by atoms with Gasteiger partial charge < -0.3 is 15.8 Å². The van der Waals surface area contributed by atoms with Crippen LogP contribution in [0.15, 0.2) is 12.2 Å². The van der Waals surface area contributed by atoms with Crippen molar-refractivity contribution in [1.29, 1.82) is 0 Å². The number of nitrogens with two attached hydrogens (primary N) is 1. The average Bonchev–Trinajstić information content (AvgIpc) is 2.36. The summed E-state index contributed by atoms with van der Waals surface area (Å²) >= 11 is 0. The highest BCUT2D eigenvalue weighted by atomic mass is 16.5. The summed E-state index contributed by atoms with van der Waals surface area (Å²) in [4.78, 5) is 22.8. The van der Waals surface area contributed by atoms with Crippen LogP contribution >= 0.6 is 0 Å². The molecule has 0 aromatic rings. The van der Waals surface area contributed by atoms with Crippen molar-refractivity contribution < 1.29 is 14.3 Å². The van der Waals surface area contributed by atoms with E-state index >= 15 is 0 Å². The van der Waals surface area contributed by atoms with Crippen molar-refractivity contribution in [2.75, 3.05) is 13.2 Å². The highest BCUT2D eigenvalue weighted by Gasteiger charge is 2.23. The van der Waals surface area contributed by atoms with E-state index < -0.39 is 17.9 Å². The smallest absolute Gasteiger partial charge is 0.332 e. The standard InChI is InChI=1S/C12H20N2O3/c1-2-17-12(16)10(13)11(15)14-8-9-6-4-3-5-7-9/h3-4,9-10H,2,5-8,13H2,1H3,(H,14,15). The molecule has 0 radical (unpaired) electrons. The molecule has 0 fully saturated rings. The Balaban J connectivity index is 2.28. The van der Waals surface area contributed by atoms with Crippen LogP contribution in [-0.4, -0.2) is 31.1 Å². The zero-order chi connectivity index (χ0) is 12.7. The van der Waals surface area contributed by atoms with E-state index in [0.29, 0.717) is 12.5 Å². The molecule has 1 aliphatic rings. The second-order valence-electron chi connectivity index (χ2n) is 4.13. The molecule has 5 heteroatoms. The Morgan fingerprint density at radius 2 is 2.29 bits per heavy atom. The molecule has 0 heterocycles. The van der Waals surface area contributed by atoms with Gasteiger partial charge >= 0.3 is 5.97 Å². The maximum Gasteiger partial charge on any atom is 0.332 e. The van der Waals surface area contributed by atoms with E-state index in [1.54, 1.807) is 6.92 Å². The lowest BCUT2D eigenvalue weighted by Crippen LogP contribution is -2.48. The molecule has 0 aromatic carbocycles. The minimum absolute atomic E-state index is 0.229. The van der Waals surface area contributed by atoms with Crippen LogP contribution < -0.4 is 11.1 Å². The minimum atomic E-state index is -1.21. The summed E-state index contributed by atoms with van der Waals surface area (Å²) in [5.74, 6) is -0.690. The minimum Gasteiger partial charge on any atom is -0.464 e. The lowest BCUT2D eigenvalue weighted by atomic mass is 9.94. The molecular formula is C12H20N2O3. The summed E-state index contributed by atoms with van der Waals surface area (Å²) in [6.45, 7) is 2.47. The summed E-state index contributed by atoms with van der Waals surface area (Å²) in [7, 11) is 0. The van der Waals surface area contributed by atoms with E-state index in [2.05, 4.69) is 22.2 Å². The van der Waals surface area contributed by atoms with Crippen LogP contribution in [0.5, 0.6) is 0 Å². The first kappa shape index (κ1) is 13.7. The molecule has 0 bridgehead atoms. The van der Waals surface area contributed by atoms with Crippen LogP contribution in [0.3, 0.4) is 0 Å². The van der Waals surface area contributed by atoms with E-state index in [1.165, 1.54) is 0 Å². The number of hydrogen-bond acceptors (Lipinski definition) is 4. The van der Waals surface area contributed by atoms with Crippen molar-refractivity contribution in [3.8, 4) is 0 Å². The fraction of sp³-hybridized carbons (Fsp3) is 0.667. The Morgan fingerprint density at radius 3 is 2.88 bits per heavy atom. The first-order valence-corrected chi connectivity index (χ1v) is 6.00. The fourth-order valence-corrected chi connectivity index (χ4v) is 1.74. The third kappa shape index (κ3) is 4.56. The lowest BCUT2D eigenvalue weighted by Gasteiger charge is -2.19. The van der Waals surface area contributed by atoms with Crippen LogP contribution in [0.2, 0.25) is 0 Å². The number of allylic oxidation sites excluding steroid dienone is 2. The highest BCUT2D eigenvalue weighted by Crippen LogP contribution is 2.16. The molecule has 1 aliphatic carbocycles. The molecule has 96 valence electrons. The number of nitrogens with one attached hydrogen (secondary N) is 1. The number of carbonyl (C=O) groups excluding carboxylic acids is 2. The first-order valence-electron chi connectivity index (χ1n) is 6.00. The molecule has 0 saturated heterocycles. The summed E-state index contributed by atoms with van der Waals surface area (Å²) in [6, 6.07) is -1.21. The lowest BCUT2D eigenvalue weighted by molar-refractivity contribution is -0.148. The normalized spacial score (nSPS) is 20.7. The summed E-state index contributed by atoms with van der Waals surface area (Å²) in [5, 5.41) is 2.69. The van der Waals surface area contributed by atoms with Gasteiger partial charge in [-0.15, -0.1) is 0 Å². The van der Waals surface area contributed by atoms with E-state index in [1.807, 2.05) is 0 Å². The van der Waals surface area contributed by atoms with Gasteiger partial charge in [-0.2, -0.15) is 0 Å². The molecule has 1 amide bonds. The van der Waals surface area contributed by atoms with Crippen LogP contribution in [0.25, 0.3) is 0 Å². The largest absolute Gasteiger partial charge is 0.464 e. The molecular weight excluding hydrogens is 220 g/mol. The van der Waals surface area contributed by atoms with E-state index in [9.17, 15) is 9.59 Å². The number of ether oxygens (including phenoxy) is 1. The van der Waals surface area contributed by atoms with E-state index in [4.69, 9.17) is 5.73 Å². The van der Waals surface area contributed by atoms with Gasteiger partial charge in [-0.25, -0.2) is 4.79 Å². The maximum absolute atomic E-state index is 11.5. The van der Waals surface area contributed by atoms with Gasteiger partial charge in [0.2, 0.25) is 5.91 Å². The quantitative estimate of drug-likeness (QED) is 0.413. The third-order valence-corrected chi connectivity index (χ3v) is 2.77. The fourth-order valence-electron chi connectivity index (χ4n) is 1.74. The van der Waals surface area contributed by atoms with E-state index in [-0.39, 0.29) is 6.61 Å². The van der Waals surface area contributed by atoms with Crippen molar-refractivity contribution in [2.24, 2.45) is 11.7 Å². The topological polar surface area (TPSA) is 81.4 Å². The number of carbonyl (C=O) groups is 2. The van der Waals surface area contributed by atoms with Crippen LogP contribution in [0, 0.1) is 5.92 Å². The number of esters is 1. The average molecular weight is 240 g/mol. The van der Waals surface area contributed by atoms with Gasteiger partial charge in [-0.3, -0.25) is 4.79 Å². The molecule has 2 unspecified atom stereocenters. The predicted molar refractivity (Wildman–Crippen MR) is 64.1 cm³/mol. The molecule has 0 spiro atoms. The van der Waals surface area contributed by atoms with Crippen molar-refractivity contribution in [3.05, 3.63) is 12.2 Å². The van der Waals surface area contributed by atoms with Gasteiger partial charge in [0.05, 0.1) is 6.61 Å². The predicted octanol–water partition coefficient (Wildman–Crippen LogP) is 0.349. The number of amides is 1. The zero-order valence-corrected chi connectivity index (χ0v) is 10.1. The van der Waals surface area contributed by atoms with Gasteiger partial charge in [0.1, 0.15) is 0 Å². The monoisotopic (exact) mass is 240 g/mol. The van der Waals surface area contributed by atoms with Gasteiger partial charge in [0, 0.05) is 6.54 Å². The SMILES string of the molecule is CCOC(=O)C(N)C(=O)NCC1CC=CCC1. The Kier molecular flexibility index (Phi) is 5.69. The van der Waals surface area contributed by atoms with Gasteiger partial charge in [0.15, 0.2) is 6.04 Å². The highest BCUT2D eigenvalue weighted by molar-refractivity contribution is 6.01. The third-order valence-electron chi connectivity index (χ3n) is 2.77. The summed E-state index contributed by atoms with van der Waals surface area (Å²) in [6.07, 6.45) is 7.33. The van der Waals surface area contributed by atoms with E-state index in [0.717, 1.165) is 19.3 Å². The number of hydrogen-bond donors (Lipinski definition) is 2. The molecule has 2 atom stereocenters. The second kappa shape index (κ2) is 7.06. The van der Waals surface area contributed by atoms with Crippen LogP contribution in [-0.2, 0) is 14.3 Å². The van der Waals surface area contributed by atoms with Crippen LogP contribution in [0.1, 0.15) is 26.2 Å². The Labute approximate surface area is 101 Å². The Morgan fingerprint density at radius 1 is 1.53 bits per heavy atom. The van der Waals surface area contributed by atoms with Crippen LogP contribution in [0.4, 0.5) is 0 Å². The zero-order valence-electron chi connectivity index (χ0n) is 10.1. The van der Waals surface area contributed by atoms with Gasteiger partial charge in [-0.1, -0.05) is 12.2 Å². The molecule has 0 saturated carbocycles. The Hall–Kier alpha value is -1.36. The summed E-state index contributed by atoms with van der Waals surface area (Å²) in [5.41, 5.74) is 5.46. The maximum atomic E-state index is 11.5. The molecule has 1 rings (SSSR count). The van der Waals surface area contributed by atoms with Crippen molar-refractivity contribution in [2.45, 2.75) is 32.2 Å². The molecule has 5 nitrogen and oxygen atoms in total. The Bertz CT molecular complexity index is 302. The van der Waals surface area contributed by atoms with Crippen molar-refractivity contribution in [1.82, 2.24) is 5.32 Å². The first-order chi connectivity index (χ1) is 8.15. The summed E-state index contributed by atoms with van der Waals surface area (Å²) < 4.78 is 4.68. The molecule has 17 heavy (non-hydrogen) atoms. The van der Waals surface area contributed by atoms with Gasteiger partial charge in [-0.05, 0) is 32.1 Å². The molecule has 0 aromatic heterocycles. The van der Waals surface area contributed by atoms with Crippen molar-refractivity contribution in [3.63, 3.8) is 0 Å². The number of rotatable bonds is 5. The van der Waals surface area contributed by atoms with Crippen molar-refractivity contribution >= 4 is 11.9 Å². The molecule has 0 aliphatic heterocycles. The van der Waals surface area contributed by atoms with Gasteiger partial charge in [0.25, 0.3) is 0 Å². The molecule has 3 N–H and O–H groups in total. The second-order valence-corrected chi connectivity index (χ2v) is 4.13.